The predicted octanol–water partition coefficient (Wildman–Crippen LogP) is 2.34. The number of ether oxygens (including phenoxy) is 1. The van der Waals surface area contributed by atoms with E-state index in [-0.39, 0.29) is 5.91 Å². The fraction of sp³-hybridized carbons (Fsp3) is 0.500. The topological polar surface area (TPSA) is 55.4 Å². The molecule has 1 atom stereocenters. The van der Waals surface area contributed by atoms with Crippen molar-refractivity contribution in [2.45, 2.75) is 46.1 Å². The second-order valence-electron chi connectivity index (χ2n) is 5.28. The molecule has 20 heavy (non-hydrogen) atoms. The minimum Gasteiger partial charge on any atom is -0.467 e. The van der Waals surface area contributed by atoms with Crippen LogP contribution in [-0.4, -0.2) is 25.0 Å². The van der Waals surface area contributed by atoms with E-state index in [9.17, 15) is 9.59 Å². The lowest BCUT2D eigenvalue weighted by Gasteiger charge is -2.20. The van der Waals surface area contributed by atoms with E-state index in [0.717, 1.165) is 11.1 Å². The molecule has 110 valence electrons. The van der Waals surface area contributed by atoms with Crippen LogP contribution in [0, 0.1) is 6.92 Å². The predicted molar refractivity (Wildman–Crippen MR) is 78.6 cm³/mol. The van der Waals surface area contributed by atoms with E-state index in [0.29, 0.717) is 12.3 Å². The number of hydrogen-bond donors (Lipinski definition) is 1. The Balaban J connectivity index is 3.10. The standard InChI is InChI=1S/C16H23NO3/c1-10(2)13-8-6-7-11(3)14(13)9-15(16(19)20-5)17-12(4)18/h6-8,10,15H,9H2,1-5H3,(H,17,18)/t15-/m0/s1. The molecule has 0 spiro atoms. The van der Waals surface area contributed by atoms with E-state index >= 15 is 0 Å². The van der Waals surface area contributed by atoms with Crippen molar-refractivity contribution < 1.29 is 14.3 Å². The molecule has 1 amide bonds. The van der Waals surface area contributed by atoms with Crippen LogP contribution in [-0.2, 0) is 20.7 Å². The van der Waals surface area contributed by atoms with Gasteiger partial charge in [0, 0.05) is 13.3 Å². The summed E-state index contributed by atoms with van der Waals surface area (Å²) < 4.78 is 4.77. The van der Waals surface area contributed by atoms with Gasteiger partial charge in [0.2, 0.25) is 5.91 Å². The molecule has 0 radical (unpaired) electrons. The van der Waals surface area contributed by atoms with Crippen molar-refractivity contribution in [3.8, 4) is 0 Å². The summed E-state index contributed by atoms with van der Waals surface area (Å²) in [7, 11) is 1.33. The van der Waals surface area contributed by atoms with Crippen LogP contribution in [0.5, 0.6) is 0 Å². The van der Waals surface area contributed by atoms with Crippen molar-refractivity contribution in [3.63, 3.8) is 0 Å². The summed E-state index contributed by atoms with van der Waals surface area (Å²) in [5.41, 5.74) is 3.42. The number of rotatable bonds is 5. The smallest absolute Gasteiger partial charge is 0.328 e. The van der Waals surface area contributed by atoms with E-state index in [1.54, 1.807) is 0 Å². The van der Waals surface area contributed by atoms with E-state index < -0.39 is 12.0 Å². The normalized spacial score (nSPS) is 12.1. The summed E-state index contributed by atoms with van der Waals surface area (Å²) in [5.74, 6) is -0.293. The van der Waals surface area contributed by atoms with Gasteiger partial charge in [-0.2, -0.15) is 0 Å². The number of carbonyl (C=O) groups excluding carboxylic acids is 2. The van der Waals surface area contributed by atoms with Gasteiger partial charge >= 0.3 is 5.97 Å². The van der Waals surface area contributed by atoms with Gasteiger partial charge in [0.1, 0.15) is 6.04 Å². The third kappa shape index (κ3) is 4.08. The Kier molecular flexibility index (Phi) is 5.74. The molecular weight excluding hydrogens is 254 g/mol. The van der Waals surface area contributed by atoms with Crippen molar-refractivity contribution in [3.05, 3.63) is 34.9 Å². The van der Waals surface area contributed by atoms with E-state index in [1.807, 2.05) is 19.1 Å². The Bertz CT molecular complexity index is 494. The van der Waals surface area contributed by atoms with Gasteiger partial charge in [-0.1, -0.05) is 32.0 Å². The molecule has 0 unspecified atom stereocenters. The van der Waals surface area contributed by atoms with E-state index in [2.05, 4.69) is 25.2 Å². The molecule has 0 saturated heterocycles. The first-order chi connectivity index (χ1) is 9.36. The number of methoxy groups -OCH3 is 1. The Morgan fingerprint density at radius 1 is 1.30 bits per heavy atom. The Labute approximate surface area is 120 Å². The fourth-order valence-corrected chi connectivity index (χ4v) is 2.33. The first-order valence-electron chi connectivity index (χ1n) is 6.80. The minimum atomic E-state index is -0.643. The molecule has 0 heterocycles. The van der Waals surface area contributed by atoms with Crippen LogP contribution in [0.3, 0.4) is 0 Å². The van der Waals surface area contributed by atoms with Gasteiger partial charge in [-0.25, -0.2) is 4.79 Å². The lowest BCUT2D eigenvalue weighted by atomic mass is 9.90. The first kappa shape index (κ1) is 16.2. The number of hydrogen-bond acceptors (Lipinski definition) is 3. The highest BCUT2D eigenvalue weighted by Crippen LogP contribution is 2.24. The van der Waals surface area contributed by atoms with Crippen molar-refractivity contribution in [1.29, 1.82) is 0 Å². The van der Waals surface area contributed by atoms with Gasteiger partial charge in [-0.3, -0.25) is 4.79 Å². The Morgan fingerprint density at radius 2 is 1.95 bits per heavy atom. The Hall–Kier alpha value is -1.84. The molecule has 0 bridgehead atoms. The van der Waals surface area contributed by atoms with Crippen LogP contribution in [0.25, 0.3) is 0 Å². The maximum atomic E-state index is 11.8. The zero-order valence-electron chi connectivity index (χ0n) is 12.8. The van der Waals surface area contributed by atoms with Gasteiger partial charge in [-0.15, -0.1) is 0 Å². The van der Waals surface area contributed by atoms with Gasteiger partial charge in [0.05, 0.1) is 7.11 Å². The molecular formula is C16H23NO3. The third-order valence-electron chi connectivity index (χ3n) is 3.34. The summed E-state index contributed by atoms with van der Waals surface area (Å²) in [6.45, 7) is 7.65. The minimum absolute atomic E-state index is 0.236. The van der Waals surface area contributed by atoms with Crippen LogP contribution in [0.2, 0.25) is 0 Å². The molecule has 4 heteroatoms. The van der Waals surface area contributed by atoms with Crippen LogP contribution in [0.15, 0.2) is 18.2 Å². The van der Waals surface area contributed by atoms with Crippen molar-refractivity contribution in [1.82, 2.24) is 5.32 Å². The summed E-state index contributed by atoms with van der Waals surface area (Å²) >= 11 is 0. The average Bonchev–Trinajstić information content (AvgIpc) is 2.38. The van der Waals surface area contributed by atoms with E-state index in [1.165, 1.54) is 19.6 Å². The zero-order valence-corrected chi connectivity index (χ0v) is 12.8. The van der Waals surface area contributed by atoms with Gasteiger partial charge in [-0.05, 0) is 29.5 Å². The molecule has 1 aromatic rings. The van der Waals surface area contributed by atoms with E-state index in [4.69, 9.17) is 4.74 Å². The molecule has 0 fully saturated rings. The number of nitrogens with one attached hydrogen (secondary N) is 1. The monoisotopic (exact) mass is 277 g/mol. The average molecular weight is 277 g/mol. The summed E-state index contributed by atoms with van der Waals surface area (Å²) in [6.07, 6.45) is 0.451. The van der Waals surface area contributed by atoms with Crippen molar-refractivity contribution >= 4 is 11.9 Å². The van der Waals surface area contributed by atoms with Crippen molar-refractivity contribution in [2.24, 2.45) is 0 Å². The summed E-state index contributed by atoms with van der Waals surface area (Å²) in [4.78, 5) is 23.1. The fourth-order valence-electron chi connectivity index (χ4n) is 2.33. The number of carbonyl (C=O) groups is 2. The molecule has 4 nitrogen and oxygen atoms in total. The van der Waals surface area contributed by atoms with Crippen LogP contribution in [0.4, 0.5) is 0 Å². The van der Waals surface area contributed by atoms with Gasteiger partial charge in [0.25, 0.3) is 0 Å². The van der Waals surface area contributed by atoms with Crippen LogP contribution in [0.1, 0.15) is 43.4 Å². The highest BCUT2D eigenvalue weighted by Gasteiger charge is 2.23. The number of benzene rings is 1. The molecule has 1 aromatic carbocycles. The molecule has 0 aliphatic rings. The molecule has 0 aromatic heterocycles. The van der Waals surface area contributed by atoms with Crippen LogP contribution < -0.4 is 5.32 Å². The van der Waals surface area contributed by atoms with Crippen molar-refractivity contribution in [2.75, 3.05) is 7.11 Å². The first-order valence-corrected chi connectivity index (χ1v) is 6.80. The lowest BCUT2D eigenvalue weighted by molar-refractivity contribution is -0.144. The molecule has 1 rings (SSSR count). The number of amides is 1. The molecule has 0 aliphatic heterocycles. The molecule has 0 aliphatic carbocycles. The van der Waals surface area contributed by atoms with Gasteiger partial charge in [0.15, 0.2) is 0 Å². The second kappa shape index (κ2) is 7.08. The highest BCUT2D eigenvalue weighted by molar-refractivity contribution is 5.83. The van der Waals surface area contributed by atoms with Crippen LogP contribution >= 0.6 is 0 Å². The quantitative estimate of drug-likeness (QED) is 0.840. The molecule has 1 N–H and O–H groups in total. The summed E-state index contributed by atoms with van der Waals surface area (Å²) in [6, 6.07) is 5.45. The van der Waals surface area contributed by atoms with Gasteiger partial charge < -0.3 is 10.1 Å². The Morgan fingerprint density at radius 3 is 2.45 bits per heavy atom. The maximum absolute atomic E-state index is 11.8. The maximum Gasteiger partial charge on any atom is 0.328 e. The zero-order chi connectivity index (χ0) is 15.3. The highest BCUT2D eigenvalue weighted by atomic mass is 16.5. The second-order valence-corrected chi connectivity index (χ2v) is 5.28. The largest absolute Gasteiger partial charge is 0.467 e. The third-order valence-corrected chi connectivity index (χ3v) is 3.34. The molecule has 0 saturated carbocycles. The lowest BCUT2D eigenvalue weighted by Crippen LogP contribution is -2.42. The number of aryl methyl sites for hydroxylation is 1. The summed E-state index contributed by atoms with van der Waals surface area (Å²) in [5, 5.41) is 2.66. The SMILES string of the molecule is COC(=O)[C@H](Cc1c(C)cccc1C(C)C)NC(C)=O. The number of esters is 1.